The Kier molecular flexibility index (Phi) is 8.53. The third-order valence-corrected chi connectivity index (χ3v) is 5.98. The fraction of sp³-hybridized carbons (Fsp3) is 0.400. The molecule has 0 radical (unpaired) electrons. The predicted octanol–water partition coefficient (Wildman–Crippen LogP) is 2.56. The van der Waals surface area contributed by atoms with Crippen LogP contribution >= 0.6 is 0 Å². The number of nitro benzene ring substituents is 1. The molecule has 2 N–H and O–H groups in total. The SMILES string of the molecule is Cc1ccc(C(=O)NC(C(=O)NN=Cc2ccc(N3CCN(C)CC3)c([N+](=O)[O-])c2)C(C)C)cc1. The van der Waals surface area contributed by atoms with Gasteiger partial charge in [-0.25, -0.2) is 5.43 Å². The molecule has 1 unspecified atom stereocenters. The lowest BCUT2D eigenvalue weighted by Crippen LogP contribution is -2.48. The van der Waals surface area contributed by atoms with Gasteiger partial charge >= 0.3 is 0 Å². The van der Waals surface area contributed by atoms with Gasteiger partial charge in [-0.2, -0.15) is 5.10 Å². The highest BCUT2D eigenvalue weighted by Crippen LogP contribution is 2.29. The van der Waals surface area contributed by atoms with E-state index in [1.54, 1.807) is 24.3 Å². The second-order valence-electron chi connectivity index (χ2n) is 9.09. The molecule has 2 amide bonds. The van der Waals surface area contributed by atoms with Crippen LogP contribution in [0, 0.1) is 23.0 Å². The minimum absolute atomic E-state index is 0.00440. The van der Waals surface area contributed by atoms with Crippen molar-refractivity contribution in [2.45, 2.75) is 26.8 Å². The summed E-state index contributed by atoms with van der Waals surface area (Å²) in [5, 5.41) is 18.4. The Morgan fingerprint density at radius 2 is 1.74 bits per heavy atom. The molecule has 1 atom stereocenters. The number of carbonyl (C=O) groups excluding carboxylic acids is 2. The fourth-order valence-electron chi connectivity index (χ4n) is 3.79. The maximum atomic E-state index is 12.7. The van der Waals surface area contributed by atoms with E-state index in [1.807, 2.05) is 44.9 Å². The average Bonchev–Trinajstić information content (AvgIpc) is 2.83. The van der Waals surface area contributed by atoms with Crippen molar-refractivity contribution in [3.8, 4) is 0 Å². The molecule has 10 heteroatoms. The predicted molar refractivity (Wildman–Crippen MR) is 136 cm³/mol. The highest BCUT2D eigenvalue weighted by Gasteiger charge is 2.25. The molecule has 0 saturated carbocycles. The monoisotopic (exact) mass is 480 g/mol. The smallest absolute Gasteiger partial charge is 0.293 e. The van der Waals surface area contributed by atoms with Crippen LogP contribution in [0.1, 0.15) is 35.3 Å². The Bertz CT molecular complexity index is 1090. The van der Waals surface area contributed by atoms with Crippen molar-refractivity contribution in [3.63, 3.8) is 0 Å². The molecule has 1 aliphatic heterocycles. The summed E-state index contributed by atoms with van der Waals surface area (Å²) < 4.78 is 0. The van der Waals surface area contributed by atoms with E-state index in [0.29, 0.717) is 29.9 Å². The zero-order chi connectivity index (χ0) is 25.5. The molecule has 1 fully saturated rings. The maximum Gasteiger partial charge on any atom is 0.293 e. The second-order valence-corrected chi connectivity index (χ2v) is 9.09. The van der Waals surface area contributed by atoms with Gasteiger partial charge < -0.3 is 15.1 Å². The van der Waals surface area contributed by atoms with Gasteiger partial charge in [0, 0.05) is 43.4 Å². The lowest BCUT2D eigenvalue weighted by Gasteiger charge is -2.33. The number of hydrogen-bond donors (Lipinski definition) is 2. The molecule has 0 bridgehead atoms. The van der Waals surface area contributed by atoms with Crippen molar-refractivity contribution in [3.05, 3.63) is 69.3 Å². The molecule has 0 aliphatic carbocycles. The molecule has 1 saturated heterocycles. The van der Waals surface area contributed by atoms with Crippen LogP contribution in [0.3, 0.4) is 0 Å². The number of piperazine rings is 1. The number of hydrogen-bond acceptors (Lipinski definition) is 7. The number of hydrazone groups is 1. The van der Waals surface area contributed by atoms with Crippen molar-refractivity contribution in [1.29, 1.82) is 0 Å². The first-order chi connectivity index (χ1) is 16.7. The molecule has 0 aromatic heterocycles. The van der Waals surface area contributed by atoms with Gasteiger partial charge in [-0.05, 0) is 38.1 Å². The second kappa shape index (κ2) is 11.6. The molecule has 3 rings (SSSR count). The minimum atomic E-state index is -0.796. The Hall–Kier alpha value is -3.79. The topological polar surface area (TPSA) is 120 Å². The molecular formula is C25H32N6O4. The summed E-state index contributed by atoms with van der Waals surface area (Å²) in [5.74, 6) is -0.998. The summed E-state index contributed by atoms with van der Waals surface area (Å²) in [4.78, 5) is 40.7. The largest absolute Gasteiger partial charge is 0.363 e. The van der Waals surface area contributed by atoms with Crippen LogP contribution < -0.4 is 15.6 Å². The minimum Gasteiger partial charge on any atom is -0.363 e. The summed E-state index contributed by atoms with van der Waals surface area (Å²) in [7, 11) is 2.03. The van der Waals surface area contributed by atoms with Crippen LogP contribution in [-0.2, 0) is 4.79 Å². The first kappa shape index (κ1) is 25.8. The molecule has 186 valence electrons. The summed E-state index contributed by atoms with van der Waals surface area (Å²) in [6.07, 6.45) is 1.36. The number of carbonyl (C=O) groups is 2. The van der Waals surface area contributed by atoms with Gasteiger partial charge in [0.05, 0.1) is 11.1 Å². The van der Waals surface area contributed by atoms with Crippen molar-refractivity contribution in [2.24, 2.45) is 11.0 Å². The molecular weight excluding hydrogens is 448 g/mol. The van der Waals surface area contributed by atoms with Gasteiger partial charge in [-0.1, -0.05) is 37.6 Å². The number of nitrogens with zero attached hydrogens (tertiary/aromatic N) is 4. The number of anilines is 1. The van der Waals surface area contributed by atoms with Crippen LogP contribution in [0.4, 0.5) is 11.4 Å². The van der Waals surface area contributed by atoms with Crippen LogP contribution in [-0.4, -0.2) is 67.1 Å². The zero-order valence-electron chi connectivity index (χ0n) is 20.5. The molecule has 1 heterocycles. The van der Waals surface area contributed by atoms with Gasteiger partial charge in [-0.15, -0.1) is 0 Å². The number of likely N-dealkylation sites (N-methyl/N-ethyl adjacent to an activating group) is 1. The Balaban J connectivity index is 1.66. The van der Waals surface area contributed by atoms with Crippen molar-refractivity contribution in [1.82, 2.24) is 15.6 Å². The first-order valence-corrected chi connectivity index (χ1v) is 11.6. The van der Waals surface area contributed by atoms with Crippen LogP contribution in [0.5, 0.6) is 0 Å². The van der Waals surface area contributed by atoms with E-state index in [-0.39, 0.29) is 17.5 Å². The lowest BCUT2D eigenvalue weighted by atomic mass is 10.0. The van der Waals surface area contributed by atoms with E-state index in [1.165, 1.54) is 12.3 Å². The van der Waals surface area contributed by atoms with Crippen LogP contribution in [0.15, 0.2) is 47.6 Å². The van der Waals surface area contributed by atoms with Gasteiger partial charge in [0.15, 0.2) is 0 Å². The summed E-state index contributed by atoms with van der Waals surface area (Å²) in [6.45, 7) is 8.68. The highest BCUT2D eigenvalue weighted by molar-refractivity contribution is 5.97. The van der Waals surface area contributed by atoms with E-state index in [4.69, 9.17) is 0 Å². The highest BCUT2D eigenvalue weighted by atomic mass is 16.6. The normalized spacial score (nSPS) is 15.3. The van der Waals surface area contributed by atoms with E-state index in [9.17, 15) is 19.7 Å². The average molecular weight is 481 g/mol. The van der Waals surface area contributed by atoms with Crippen molar-refractivity contribution in [2.75, 3.05) is 38.1 Å². The maximum absolute atomic E-state index is 12.7. The van der Waals surface area contributed by atoms with E-state index >= 15 is 0 Å². The Labute approximate surface area is 205 Å². The van der Waals surface area contributed by atoms with Crippen LogP contribution in [0.25, 0.3) is 0 Å². The third kappa shape index (κ3) is 6.86. The Morgan fingerprint density at radius 3 is 2.34 bits per heavy atom. The first-order valence-electron chi connectivity index (χ1n) is 11.6. The number of amides is 2. The number of aryl methyl sites for hydroxylation is 1. The third-order valence-electron chi connectivity index (χ3n) is 5.98. The summed E-state index contributed by atoms with van der Waals surface area (Å²) in [6, 6.07) is 11.2. The van der Waals surface area contributed by atoms with Crippen molar-refractivity contribution >= 4 is 29.4 Å². The van der Waals surface area contributed by atoms with Gasteiger partial charge in [-0.3, -0.25) is 19.7 Å². The lowest BCUT2D eigenvalue weighted by molar-refractivity contribution is -0.384. The van der Waals surface area contributed by atoms with E-state index in [2.05, 4.69) is 20.7 Å². The molecule has 1 aliphatic rings. The number of nitro groups is 1. The number of benzene rings is 2. The number of rotatable bonds is 8. The molecule has 0 spiro atoms. The summed E-state index contributed by atoms with van der Waals surface area (Å²) in [5.41, 5.74) is 4.99. The number of nitrogens with one attached hydrogen (secondary N) is 2. The Morgan fingerprint density at radius 1 is 1.09 bits per heavy atom. The molecule has 2 aromatic rings. The quantitative estimate of drug-likeness (QED) is 0.340. The van der Waals surface area contributed by atoms with Gasteiger partial charge in [0.25, 0.3) is 17.5 Å². The van der Waals surface area contributed by atoms with Crippen molar-refractivity contribution < 1.29 is 14.5 Å². The molecule has 35 heavy (non-hydrogen) atoms. The van der Waals surface area contributed by atoms with Gasteiger partial charge in [0.1, 0.15) is 11.7 Å². The standard InChI is InChI=1S/C25H32N6O4/c1-17(2)23(27-24(32)20-8-5-18(3)6-9-20)25(33)28-26-16-19-7-10-21(22(15-19)31(34)35)30-13-11-29(4)12-14-30/h5-10,15-17,23H,11-14H2,1-4H3,(H,27,32)(H,28,33). The van der Waals surface area contributed by atoms with Crippen LogP contribution in [0.2, 0.25) is 0 Å². The van der Waals surface area contributed by atoms with E-state index < -0.39 is 16.9 Å². The summed E-state index contributed by atoms with van der Waals surface area (Å²) >= 11 is 0. The molecule has 2 aromatic carbocycles. The zero-order valence-corrected chi connectivity index (χ0v) is 20.5. The fourth-order valence-corrected chi connectivity index (χ4v) is 3.79. The van der Waals surface area contributed by atoms with E-state index in [0.717, 1.165) is 18.7 Å². The van der Waals surface area contributed by atoms with Gasteiger partial charge in [0.2, 0.25) is 0 Å². The molecule has 10 nitrogen and oxygen atoms in total.